The van der Waals surface area contributed by atoms with E-state index >= 15 is 0 Å². The molecule has 6 heteroatoms. The largest absolute Gasteiger partial charge is 0.395 e. The highest BCUT2D eigenvalue weighted by molar-refractivity contribution is 9.10. The van der Waals surface area contributed by atoms with Gasteiger partial charge in [-0.15, -0.1) is 0 Å². The molecule has 0 atom stereocenters. The van der Waals surface area contributed by atoms with Gasteiger partial charge in [0.1, 0.15) is 0 Å². The lowest BCUT2D eigenvalue weighted by Crippen LogP contribution is -2.49. The molecule has 1 fully saturated rings. The number of β-amino-alcohol motifs (C(OH)–C–C–N with tert-alkyl or cyclic N) is 1. The molecule has 1 heterocycles. The number of halogens is 1. The van der Waals surface area contributed by atoms with Gasteiger partial charge in [-0.2, -0.15) is 0 Å². The van der Waals surface area contributed by atoms with Crippen molar-refractivity contribution in [3.63, 3.8) is 0 Å². The molecule has 0 spiro atoms. The van der Waals surface area contributed by atoms with E-state index in [1.807, 2.05) is 24.3 Å². The lowest BCUT2D eigenvalue weighted by atomic mass is 10.3. The smallest absolute Gasteiger partial charge is 0.238 e. The predicted molar refractivity (Wildman–Crippen MR) is 82.7 cm³/mol. The first-order valence-corrected chi connectivity index (χ1v) is 7.57. The summed E-state index contributed by atoms with van der Waals surface area (Å²) in [6.45, 7) is 4.89. The third-order valence-electron chi connectivity index (χ3n) is 3.38. The molecule has 0 bridgehead atoms. The van der Waals surface area contributed by atoms with Gasteiger partial charge >= 0.3 is 0 Å². The Bertz CT molecular complexity index is 431. The van der Waals surface area contributed by atoms with Crippen molar-refractivity contribution in [2.45, 2.75) is 0 Å². The summed E-state index contributed by atoms with van der Waals surface area (Å²) in [5.41, 5.74) is 0.817. The third kappa shape index (κ3) is 4.86. The minimum absolute atomic E-state index is 0.0166. The lowest BCUT2D eigenvalue weighted by molar-refractivity contribution is -0.117. The van der Waals surface area contributed by atoms with Gasteiger partial charge in [0.15, 0.2) is 0 Å². The molecule has 2 rings (SSSR count). The summed E-state index contributed by atoms with van der Waals surface area (Å²) in [6.07, 6.45) is 0. The van der Waals surface area contributed by atoms with E-state index in [9.17, 15) is 4.79 Å². The van der Waals surface area contributed by atoms with Gasteiger partial charge in [0, 0.05) is 42.9 Å². The number of carbonyl (C=O) groups is 1. The van der Waals surface area contributed by atoms with Crippen molar-refractivity contribution in [1.82, 2.24) is 9.80 Å². The highest BCUT2D eigenvalue weighted by Gasteiger charge is 2.18. The number of aliphatic hydroxyl groups excluding tert-OH is 1. The molecule has 1 amide bonds. The van der Waals surface area contributed by atoms with E-state index in [0.717, 1.165) is 42.9 Å². The summed E-state index contributed by atoms with van der Waals surface area (Å²) in [7, 11) is 0. The van der Waals surface area contributed by atoms with Crippen LogP contribution < -0.4 is 5.32 Å². The van der Waals surface area contributed by atoms with E-state index in [0.29, 0.717) is 6.54 Å². The number of carbonyl (C=O) groups excluding carboxylic acids is 1. The van der Waals surface area contributed by atoms with Gasteiger partial charge in [-0.05, 0) is 24.3 Å². The lowest BCUT2D eigenvalue weighted by Gasteiger charge is -2.33. The number of nitrogens with one attached hydrogen (secondary N) is 1. The van der Waals surface area contributed by atoms with E-state index in [-0.39, 0.29) is 12.5 Å². The van der Waals surface area contributed by atoms with Crippen molar-refractivity contribution in [2.24, 2.45) is 0 Å². The van der Waals surface area contributed by atoms with Crippen LogP contribution in [0.3, 0.4) is 0 Å². The minimum Gasteiger partial charge on any atom is -0.395 e. The van der Waals surface area contributed by atoms with E-state index in [2.05, 4.69) is 31.0 Å². The molecule has 1 aromatic carbocycles. The highest BCUT2D eigenvalue weighted by Crippen LogP contribution is 2.14. The molecule has 0 unspecified atom stereocenters. The molecule has 0 radical (unpaired) electrons. The Morgan fingerprint density at radius 2 is 1.75 bits per heavy atom. The van der Waals surface area contributed by atoms with Crippen molar-refractivity contribution in [1.29, 1.82) is 0 Å². The summed E-state index contributed by atoms with van der Waals surface area (Å²) >= 11 is 3.37. The number of nitrogens with zero attached hydrogens (tertiary/aromatic N) is 2. The molecule has 5 nitrogen and oxygen atoms in total. The van der Waals surface area contributed by atoms with Crippen molar-refractivity contribution < 1.29 is 9.90 Å². The second-order valence-electron chi connectivity index (χ2n) is 4.90. The number of amides is 1. The number of piperazine rings is 1. The van der Waals surface area contributed by atoms with Gasteiger partial charge in [-0.1, -0.05) is 15.9 Å². The van der Waals surface area contributed by atoms with E-state index in [1.165, 1.54) is 0 Å². The first-order chi connectivity index (χ1) is 9.67. The molecule has 2 N–H and O–H groups in total. The number of aliphatic hydroxyl groups is 1. The fraction of sp³-hybridized carbons (Fsp3) is 0.500. The maximum Gasteiger partial charge on any atom is 0.238 e. The molecule has 1 aliphatic heterocycles. The second-order valence-corrected chi connectivity index (χ2v) is 5.81. The third-order valence-corrected chi connectivity index (χ3v) is 3.90. The van der Waals surface area contributed by atoms with Crippen LogP contribution in [0.4, 0.5) is 5.69 Å². The Morgan fingerprint density at radius 3 is 2.35 bits per heavy atom. The number of rotatable bonds is 5. The summed E-state index contributed by atoms with van der Waals surface area (Å²) in [6, 6.07) is 7.56. The summed E-state index contributed by atoms with van der Waals surface area (Å²) in [5, 5.41) is 11.8. The molecular formula is C14H20BrN3O2. The maximum absolute atomic E-state index is 12.0. The second kappa shape index (κ2) is 7.73. The number of hydrogen-bond acceptors (Lipinski definition) is 4. The van der Waals surface area contributed by atoms with Crippen LogP contribution in [-0.4, -0.2) is 66.7 Å². The van der Waals surface area contributed by atoms with Crippen LogP contribution in [-0.2, 0) is 4.79 Å². The monoisotopic (exact) mass is 341 g/mol. The standard InChI is InChI=1S/C14H20BrN3O2/c15-12-1-3-13(4-2-12)16-14(20)11-18-7-5-17(6-8-18)9-10-19/h1-4,19H,5-11H2,(H,16,20). The molecule has 0 aromatic heterocycles. The van der Waals surface area contributed by atoms with Crippen molar-refractivity contribution in [3.8, 4) is 0 Å². The van der Waals surface area contributed by atoms with Crippen molar-refractivity contribution >= 4 is 27.5 Å². The van der Waals surface area contributed by atoms with E-state index in [4.69, 9.17) is 5.11 Å². The average Bonchev–Trinajstić information content (AvgIpc) is 2.44. The van der Waals surface area contributed by atoms with E-state index in [1.54, 1.807) is 0 Å². The van der Waals surface area contributed by atoms with Gasteiger partial charge in [-0.25, -0.2) is 0 Å². The van der Waals surface area contributed by atoms with Crippen LogP contribution in [0.25, 0.3) is 0 Å². The molecule has 110 valence electrons. The number of benzene rings is 1. The van der Waals surface area contributed by atoms with Crippen LogP contribution in [0.15, 0.2) is 28.7 Å². The molecule has 1 aromatic rings. The first kappa shape index (κ1) is 15.4. The van der Waals surface area contributed by atoms with Crippen molar-refractivity contribution in [2.75, 3.05) is 51.2 Å². The zero-order chi connectivity index (χ0) is 14.4. The van der Waals surface area contributed by atoms with Crippen molar-refractivity contribution in [3.05, 3.63) is 28.7 Å². The normalized spacial score (nSPS) is 17.1. The molecule has 20 heavy (non-hydrogen) atoms. The maximum atomic E-state index is 12.0. The van der Waals surface area contributed by atoms with Gasteiger partial charge in [0.2, 0.25) is 5.91 Å². The Kier molecular flexibility index (Phi) is 5.97. The van der Waals surface area contributed by atoms with Gasteiger partial charge in [0.25, 0.3) is 0 Å². The van der Waals surface area contributed by atoms with Crippen LogP contribution in [0.1, 0.15) is 0 Å². The van der Waals surface area contributed by atoms with E-state index < -0.39 is 0 Å². The molecule has 0 saturated carbocycles. The number of hydrogen-bond donors (Lipinski definition) is 2. The Hall–Kier alpha value is -0.950. The fourth-order valence-electron chi connectivity index (χ4n) is 2.25. The zero-order valence-electron chi connectivity index (χ0n) is 11.4. The molecular weight excluding hydrogens is 322 g/mol. The number of anilines is 1. The predicted octanol–water partition coefficient (Wildman–Crippen LogP) is 0.998. The van der Waals surface area contributed by atoms with Gasteiger partial charge in [-0.3, -0.25) is 14.6 Å². The highest BCUT2D eigenvalue weighted by atomic mass is 79.9. The molecule has 1 aliphatic rings. The Morgan fingerprint density at radius 1 is 1.15 bits per heavy atom. The van der Waals surface area contributed by atoms with Gasteiger partial charge < -0.3 is 10.4 Å². The summed E-state index contributed by atoms with van der Waals surface area (Å²) < 4.78 is 0.996. The van der Waals surface area contributed by atoms with Crippen LogP contribution in [0.5, 0.6) is 0 Å². The summed E-state index contributed by atoms with van der Waals surface area (Å²) in [5.74, 6) is 0.0166. The molecule has 0 aliphatic carbocycles. The average molecular weight is 342 g/mol. The molecule has 1 saturated heterocycles. The SMILES string of the molecule is O=C(CN1CCN(CCO)CC1)Nc1ccc(Br)cc1. The van der Waals surface area contributed by atoms with Crippen LogP contribution in [0, 0.1) is 0 Å². The topological polar surface area (TPSA) is 55.8 Å². The zero-order valence-corrected chi connectivity index (χ0v) is 13.0. The quantitative estimate of drug-likeness (QED) is 0.838. The first-order valence-electron chi connectivity index (χ1n) is 6.78. The van der Waals surface area contributed by atoms with Gasteiger partial charge in [0.05, 0.1) is 13.2 Å². The van der Waals surface area contributed by atoms with Crippen LogP contribution in [0.2, 0.25) is 0 Å². The minimum atomic E-state index is 0.0166. The Labute approximate surface area is 127 Å². The summed E-state index contributed by atoms with van der Waals surface area (Å²) in [4.78, 5) is 16.3. The fourth-order valence-corrected chi connectivity index (χ4v) is 2.51. The Balaban J connectivity index is 1.74. The van der Waals surface area contributed by atoms with Crippen LogP contribution >= 0.6 is 15.9 Å².